The topological polar surface area (TPSA) is 62.3 Å². The summed E-state index contributed by atoms with van der Waals surface area (Å²) in [5, 5.41) is 3.89. The lowest BCUT2D eigenvalue weighted by atomic mass is 10.1. The summed E-state index contributed by atoms with van der Waals surface area (Å²) in [5.41, 5.74) is 1.73. The predicted molar refractivity (Wildman–Crippen MR) is 88.1 cm³/mol. The second-order valence-electron chi connectivity index (χ2n) is 5.95. The van der Waals surface area contributed by atoms with E-state index in [9.17, 15) is 9.59 Å². The van der Waals surface area contributed by atoms with Gasteiger partial charge < -0.3 is 10.2 Å². The van der Waals surface area contributed by atoms with Crippen molar-refractivity contribution in [1.82, 2.24) is 10.3 Å². The maximum absolute atomic E-state index is 12.2. The average molecular weight is 317 g/mol. The summed E-state index contributed by atoms with van der Waals surface area (Å²) in [7, 11) is 0. The maximum Gasteiger partial charge on any atom is 0.227 e. The Kier molecular flexibility index (Phi) is 3.87. The summed E-state index contributed by atoms with van der Waals surface area (Å²) in [4.78, 5) is 30.5. The Hall–Kier alpha value is -1.95. The number of benzene rings is 1. The van der Waals surface area contributed by atoms with E-state index in [4.69, 9.17) is 0 Å². The van der Waals surface area contributed by atoms with Crippen LogP contribution in [0.15, 0.2) is 18.2 Å². The summed E-state index contributed by atoms with van der Waals surface area (Å²) in [5.74, 6) is -0.325. The first-order valence-corrected chi connectivity index (χ1v) is 8.23. The molecule has 6 heteroatoms. The lowest BCUT2D eigenvalue weighted by molar-refractivity contribution is -0.126. The van der Waals surface area contributed by atoms with E-state index in [1.807, 2.05) is 39.0 Å². The first kappa shape index (κ1) is 15.0. The van der Waals surface area contributed by atoms with E-state index in [0.29, 0.717) is 6.54 Å². The molecule has 2 heterocycles. The highest BCUT2D eigenvalue weighted by Crippen LogP contribution is 2.30. The van der Waals surface area contributed by atoms with Crippen molar-refractivity contribution < 1.29 is 9.59 Å². The predicted octanol–water partition coefficient (Wildman–Crippen LogP) is 2.48. The van der Waals surface area contributed by atoms with Gasteiger partial charge in [0.1, 0.15) is 0 Å². The van der Waals surface area contributed by atoms with Crippen LogP contribution in [0.2, 0.25) is 0 Å². The number of nitrogens with one attached hydrogen (secondary N) is 1. The fourth-order valence-corrected chi connectivity index (χ4v) is 3.54. The Balaban J connectivity index is 1.81. The number of aryl methyl sites for hydroxylation is 1. The fourth-order valence-electron chi connectivity index (χ4n) is 2.73. The van der Waals surface area contributed by atoms with Crippen LogP contribution < -0.4 is 10.2 Å². The van der Waals surface area contributed by atoms with Gasteiger partial charge in [0.15, 0.2) is 0 Å². The lowest BCUT2D eigenvalue weighted by Gasteiger charge is -2.17. The standard InChI is InChI=1S/C16H19N3O2S/c1-9(2)17-16(21)11-6-15(20)19(8-11)12-4-5-14-13(7-12)18-10(3)22-14/h4-5,7,9,11H,6,8H2,1-3H3,(H,17,21). The number of anilines is 1. The molecule has 1 unspecified atom stereocenters. The second-order valence-corrected chi connectivity index (χ2v) is 7.19. The highest BCUT2D eigenvalue weighted by molar-refractivity contribution is 7.18. The number of carbonyl (C=O) groups is 2. The minimum Gasteiger partial charge on any atom is -0.354 e. The zero-order chi connectivity index (χ0) is 15.9. The van der Waals surface area contributed by atoms with E-state index in [1.165, 1.54) is 0 Å². The maximum atomic E-state index is 12.2. The van der Waals surface area contributed by atoms with E-state index < -0.39 is 0 Å². The molecule has 1 aromatic carbocycles. The molecule has 1 atom stereocenters. The Labute approximate surface area is 133 Å². The summed E-state index contributed by atoms with van der Waals surface area (Å²) < 4.78 is 1.11. The highest BCUT2D eigenvalue weighted by atomic mass is 32.1. The zero-order valence-electron chi connectivity index (χ0n) is 12.9. The monoisotopic (exact) mass is 317 g/mol. The van der Waals surface area contributed by atoms with Crippen molar-refractivity contribution in [1.29, 1.82) is 0 Å². The molecule has 2 amide bonds. The van der Waals surface area contributed by atoms with Crippen LogP contribution in [0, 0.1) is 12.8 Å². The number of fused-ring (bicyclic) bond motifs is 1. The van der Waals surface area contributed by atoms with Gasteiger partial charge in [0.2, 0.25) is 11.8 Å². The molecule has 22 heavy (non-hydrogen) atoms. The van der Waals surface area contributed by atoms with Gasteiger partial charge in [-0.25, -0.2) is 4.98 Å². The average Bonchev–Trinajstić information content (AvgIpc) is 2.99. The van der Waals surface area contributed by atoms with Gasteiger partial charge in [-0.05, 0) is 39.0 Å². The van der Waals surface area contributed by atoms with Gasteiger partial charge in [-0.3, -0.25) is 9.59 Å². The van der Waals surface area contributed by atoms with Crippen molar-refractivity contribution in [2.75, 3.05) is 11.4 Å². The molecule has 1 N–H and O–H groups in total. The van der Waals surface area contributed by atoms with Crippen LogP contribution in [0.3, 0.4) is 0 Å². The van der Waals surface area contributed by atoms with Crippen LogP contribution in [0.25, 0.3) is 10.2 Å². The van der Waals surface area contributed by atoms with E-state index in [-0.39, 0.29) is 30.2 Å². The SMILES string of the molecule is Cc1nc2cc(N3CC(C(=O)NC(C)C)CC3=O)ccc2s1. The molecule has 116 valence electrons. The van der Waals surface area contributed by atoms with Crippen LogP contribution >= 0.6 is 11.3 Å². The van der Waals surface area contributed by atoms with Crippen LogP contribution in [0.1, 0.15) is 25.3 Å². The third kappa shape index (κ3) is 2.83. The molecular formula is C16H19N3O2S. The number of nitrogens with zero attached hydrogens (tertiary/aromatic N) is 2. The normalized spacial score (nSPS) is 18.5. The molecule has 0 spiro atoms. The van der Waals surface area contributed by atoms with Gasteiger partial charge in [0.05, 0.1) is 21.1 Å². The molecule has 1 aliphatic rings. The van der Waals surface area contributed by atoms with Crippen LogP contribution in [0.5, 0.6) is 0 Å². The number of rotatable bonds is 3. The smallest absolute Gasteiger partial charge is 0.227 e. The van der Waals surface area contributed by atoms with Gasteiger partial charge in [0, 0.05) is 24.7 Å². The van der Waals surface area contributed by atoms with Crippen LogP contribution in [-0.2, 0) is 9.59 Å². The first-order chi connectivity index (χ1) is 10.4. The molecule has 1 saturated heterocycles. The third-order valence-corrected chi connectivity index (χ3v) is 4.67. The van der Waals surface area contributed by atoms with Crippen molar-refractivity contribution >= 4 is 39.1 Å². The van der Waals surface area contributed by atoms with E-state index >= 15 is 0 Å². The second kappa shape index (κ2) is 5.68. The van der Waals surface area contributed by atoms with Crippen LogP contribution in [-0.4, -0.2) is 29.4 Å². The fraction of sp³-hybridized carbons (Fsp3) is 0.438. The minimum atomic E-state index is -0.275. The molecule has 1 aromatic heterocycles. The number of thiazole rings is 1. The third-order valence-electron chi connectivity index (χ3n) is 3.72. The Bertz CT molecular complexity index is 738. The molecule has 0 saturated carbocycles. The number of hydrogen-bond donors (Lipinski definition) is 1. The quantitative estimate of drug-likeness (QED) is 0.946. The van der Waals surface area contributed by atoms with Gasteiger partial charge in [0.25, 0.3) is 0 Å². The molecule has 5 nitrogen and oxygen atoms in total. The largest absolute Gasteiger partial charge is 0.354 e. The van der Waals surface area contributed by atoms with Crippen molar-refractivity contribution in [2.45, 2.75) is 33.2 Å². The molecule has 1 aliphatic heterocycles. The first-order valence-electron chi connectivity index (χ1n) is 7.42. The molecule has 2 aromatic rings. The zero-order valence-corrected chi connectivity index (χ0v) is 13.7. The van der Waals surface area contributed by atoms with Crippen molar-refractivity contribution in [3.8, 4) is 0 Å². The van der Waals surface area contributed by atoms with Gasteiger partial charge >= 0.3 is 0 Å². The summed E-state index contributed by atoms with van der Waals surface area (Å²) in [6.45, 7) is 6.25. The van der Waals surface area contributed by atoms with Crippen molar-refractivity contribution in [3.05, 3.63) is 23.2 Å². The summed E-state index contributed by atoms with van der Waals surface area (Å²) >= 11 is 1.64. The number of hydrogen-bond acceptors (Lipinski definition) is 4. The van der Waals surface area contributed by atoms with Crippen molar-refractivity contribution in [3.63, 3.8) is 0 Å². The molecule has 0 radical (unpaired) electrons. The van der Waals surface area contributed by atoms with Gasteiger partial charge in [-0.2, -0.15) is 0 Å². The highest BCUT2D eigenvalue weighted by Gasteiger charge is 2.35. The Morgan fingerprint density at radius 3 is 2.95 bits per heavy atom. The molecular weight excluding hydrogens is 298 g/mol. The minimum absolute atomic E-state index is 0.00444. The molecule has 0 aliphatic carbocycles. The number of carbonyl (C=O) groups excluding carboxylic acids is 2. The molecule has 1 fully saturated rings. The van der Waals surface area contributed by atoms with E-state index in [0.717, 1.165) is 20.9 Å². The van der Waals surface area contributed by atoms with Crippen molar-refractivity contribution in [2.24, 2.45) is 5.92 Å². The van der Waals surface area contributed by atoms with Gasteiger partial charge in [-0.15, -0.1) is 11.3 Å². The molecule has 0 bridgehead atoms. The van der Waals surface area contributed by atoms with Crippen LogP contribution in [0.4, 0.5) is 5.69 Å². The van der Waals surface area contributed by atoms with Gasteiger partial charge in [-0.1, -0.05) is 0 Å². The van der Waals surface area contributed by atoms with E-state index in [2.05, 4.69) is 10.3 Å². The number of amides is 2. The summed E-state index contributed by atoms with van der Waals surface area (Å²) in [6, 6.07) is 5.94. The Morgan fingerprint density at radius 2 is 2.23 bits per heavy atom. The Morgan fingerprint density at radius 1 is 1.45 bits per heavy atom. The lowest BCUT2D eigenvalue weighted by Crippen LogP contribution is -2.36. The van der Waals surface area contributed by atoms with E-state index in [1.54, 1.807) is 16.2 Å². The number of aromatic nitrogens is 1. The molecule has 3 rings (SSSR count). The summed E-state index contributed by atoms with van der Waals surface area (Å²) in [6.07, 6.45) is 0.271.